The van der Waals surface area contributed by atoms with E-state index in [1.165, 1.54) is 0 Å². The summed E-state index contributed by atoms with van der Waals surface area (Å²) in [6, 6.07) is 7.71. The summed E-state index contributed by atoms with van der Waals surface area (Å²) in [6.07, 6.45) is 0. The van der Waals surface area contributed by atoms with E-state index in [2.05, 4.69) is 15.3 Å². The largest absolute Gasteiger partial charge is 0.368 e. The van der Waals surface area contributed by atoms with E-state index in [1.54, 1.807) is 0 Å². The average Bonchev–Trinajstić information content (AvgIpc) is 2.25. The molecule has 0 aliphatic carbocycles. The lowest BCUT2D eigenvalue weighted by molar-refractivity contribution is 1.01. The predicted molar refractivity (Wildman–Crippen MR) is 61.5 cm³/mol. The maximum Gasteiger partial charge on any atom is 0.222 e. The van der Waals surface area contributed by atoms with E-state index in [4.69, 9.17) is 11.5 Å². The minimum absolute atomic E-state index is 0.272. The number of para-hydroxylation sites is 1. The molecule has 5 nitrogen and oxygen atoms in total. The molecule has 0 atom stereocenters. The molecule has 2 aromatic rings. The number of aromatic nitrogens is 2. The summed E-state index contributed by atoms with van der Waals surface area (Å²) in [5.74, 6) is 1.01. The van der Waals surface area contributed by atoms with Crippen LogP contribution in [0, 0.1) is 0 Å². The number of hydrogen-bond donors (Lipinski definition) is 3. The van der Waals surface area contributed by atoms with Gasteiger partial charge in [-0.05, 0) is 12.1 Å². The summed E-state index contributed by atoms with van der Waals surface area (Å²) in [5, 5.41) is 4.08. The van der Waals surface area contributed by atoms with Crippen LogP contribution in [0.5, 0.6) is 0 Å². The highest BCUT2D eigenvalue weighted by molar-refractivity contribution is 5.89. The summed E-state index contributed by atoms with van der Waals surface area (Å²) in [7, 11) is 0. The number of nitrogens with zero attached hydrogens (tertiary/aromatic N) is 2. The molecule has 5 N–H and O–H groups in total. The molecule has 5 heteroatoms. The maximum atomic E-state index is 5.60. The Morgan fingerprint density at radius 3 is 2.80 bits per heavy atom. The summed E-state index contributed by atoms with van der Waals surface area (Å²) >= 11 is 0. The molecule has 0 bridgehead atoms. The molecule has 0 spiro atoms. The Hall–Kier alpha value is -1.88. The van der Waals surface area contributed by atoms with Gasteiger partial charge in [-0.2, -0.15) is 4.98 Å². The molecule has 0 aliphatic heterocycles. The molecule has 1 heterocycles. The Balaban J connectivity index is 2.50. The normalized spacial score (nSPS) is 10.5. The van der Waals surface area contributed by atoms with Crippen LogP contribution in [0.2, 0.25) is 0 Å². The standard InChI is InChI=1S/C10H13N5/c11-5-6-13-9-7-3-1-2-4-8(7)14-10(12)15-9/h1-4H,5-6,11H2,(H3,12,13,14,15). The molecule has 0 unspecified atom stereocenters. The van der Waals surface area contributed by atoms with Crippen LogP contribution < -0.4 is 16.8 Å². The van der Waals surface area contributed by atoms with Crippen LogP contribution in [-0.4, -0.2) is 23.1 Å². The lowest BCUT2D eigenvalue weighted by Gasteiger charge is -2.07. The van der Waals surface area contributed by atoms with Crippen molar-refractivity contribution in [1.29, 1.82) is 0 Å². The van der Waals surface area contributed by atoms with Gasteiger partial charge in [-0.25, -0.2) is 4.98 Å². The second-order valence-corrected chi connectivity index (χ2v) is 3.16. The molecule has 2 rings (SSSR count). The molecule has 0 saturated carbocycles. The number of benzene rings is 1. The van der Waals surface area contributed by atoms with Crippen LogP contribution in [0.1, 0.15) is 0 Å². The van der Waals surface area contributed by atoms with Crippen LogP contribution >= 0.6 is 0 Å². The Kier molecular flexibility index (Phi) is 2.64. The topological polar surface area (TPSA) is 89.8 Å². The van der Waals surface area contributed by atoms with Crippen molar-refractivity contribution in [2.24, 2.45) is 5.73 Å². The fourth-order valence-corrected chi connectivity index (χ4v) is 1.42. The summed E-state index contributed by atoms with van der Waals surface area (Å²) in [4.78, 5) is 8.28. The fourth-order valence-electron chi connectivity index (χ4n) is 1.42. The molecule has 0 amide bonds. The minimum Gasteiger partial charge on any atom is -0.368 e. The molecule has 0 fully saturated rings. The highest BCUT2D eigenvalue weighted by Gasteiger charge is 2.03. The van der Waals surface area contributed by atoms with Gasteiger partial charge in [0.15, 0.2) is 0 Å². The number of nitrogens with two attached hydrogens (primary N) is 2. The SMILES string of the molecule is NCCNc1nc(N)nc2ccccc12. The van der Waals surface area contributed by atoms with E-state index in [0.29, 0.717) is 13.1 Å². The van der Waals surface area contributed by atoms with E-state index in [9.17, 15) is 0 Å². The fraction of sp³-hybridized carbons (Fsp3) is 0.200. The molecule has 15 heavy (non-hydrogen) atoms. The van der Waals surface area contributed by atoms with Gasteiger partial charge in [0.05, 0.1) is 5.52 Å². The van der Waals surface area contributed by atoms with Crippen molar-refractivity contribution < 1.29 is 0 Å². The minimum atomic E-state index is 0.272. The number of nitrogen functional groups attached to an aromatic ring is 1. The lowest BCUT2D eigenvalue weighted by Crippen LogP contribution is -2.14. The van der Waals surface area contributed by atoms with E-state index in [0.717, 1.165) is 16.7 Å². The van der Waals surface area contributed by atoms with Crippen LogP contribution in [0.15, 0.2) is 24.3 Å². The third kappa shape index (κ3) is 1.97. The highest BCUT2D eigenvalue weighted by Crippen LogP contribution is 2.20. The zero-order valence-electron chi connectivity index (χ0n) is 8.27. The summed E-state index contributed by atoms with van der Waals surface area (Å²) in [5.41, 5.74) is 11.9. The Labute approximate surface area is 87.5 Å². The van der Waals surface area contributed by atoms with Gasteiger partial charge in [-0.3, -0.25) is 0 Å². The average molecular weight is 203 g/mol. The van der Waals surface area contributed by atoms with Crippen LogP contribution in [0.3, 0.4) is 0 Å². The summed E-state index contributed by atoms with van der Waals surface area (Å²) in [6.45, 7) is 1.22. The molecule has 0 radical (unpaired) electrons. The number of hydrogen-bond acceptors (Lipinski definition) is 5. The molecule has 1 aromatic carbocycles. The van der Waals surface area contributed by atoms with Crippen molar-refractivity contribution in [2.75, 3.05) is 24.1 Å². The number of fused-ring (bicyclic) bond motifs is 1. The number of anilines is 2. The van der Waals surface area contributed by atoms with Gasteiger partial charge in [-0.15, -0.1) is 0 Å². The first-order valence-electron chi connectivity index (χ1n) is 4.77. The van der Waals surface area contributed by atoms with E-state index >= 15 is 0 Å². The van der Waals surface area contributed by atoms with Gasteiger partial charge in [0.1, 0.15) is 5.82 Å². The molecule has 0 aliphatic rings. The smallest absolute Gasteiger partial charge is 0.222 e. The van der Waals surface area contributed by atoms with Gasteiger partial charge < -0.3 is 16.8 Å². The second kappa shape index (κ2) is 4.10. The molecule has 1 aromatic heterocycles. The van der Waals surface area contributed by atoms with Crippen LogP contribution in [0.25, 0.3) is 10.9 Å². The van der Waals surface area contributed by atoms with Crippen LogP contribution in [-0.2, 0) is 0 Å². The van der Waals surface area contributed by atoms with Crippen molar-refractivity contribution >= 4 is 22.7 Å². The van der Waals surface area contributed by atoms with Gasteiger partial charge in [0, 0.05) is 18.5 Å². The third-order valence-corrected chi connectivity index (χ3v) is 2.06. The van der Waals surface area contributed by atoms with Crippen LogP contribution in [0.4, 0.5) is 11.8 Å². The molecular formula is C10H13N5. The molecular weight excluding hydrogens is 190 g/mol. The van der Waals surface area contributed by atoms with E-state index in [1.807, 2.05) is 24.3 Å². The van der Waals surface area contributed by atoms with Crippen molar-refractivity contribution in [2.45, 2.75) is 0 Å². The molecule has 0 saturated heterocycles. The highest BCUT2D eigenvalue weighted by atomic mass is 15.1. The monoisotopic (exact) mass is 203 g/mol. The Morgan fingerprint density at radius 1 is 1.20 bits per heavy atom. The van der Waals surface area contributed by atoms with Crippen molar-refractivity contribution in [3.8, 4) is 0 Å². The second-order valence-electron chi connectivity index (χ2n) is 3.16. The first-order chi connectivity index (χ1) is 7.31. The van der Waals surface area contributed by atoms with Crippen molar-refractivity contribution in [1.82, 2.24) is 9.97 Å². The van der Waals surface area contributed by atoms with Gasteiger partial charge in [0.25, 0.3) is 0 Å². The van der Waals surface area contributed by atoms with Gasteiger partial charge in [-0.1, -0.05) is 12.1 Å². The van der Waals surface area contributed by atoms with Gasteiger partial charge in [0.2, 0.25) is 5.95 Å². The summed E-state index contributed by atoms with van der Waals surface area (Å²) < 4.78 is 0. The Morgan fingerprint density at radius 2 is 2.00 bits per heavy atom. The van der Waals surface area contributed by atoms with E-state index in [-0.39, 0.29) is 5.95 Å². The number of nitrogens with one attached hydrogen (secondary N) is 1. The predicted octanol–water partition coefficient (Wildman–Crippen LogP) is 0.583. The van der Waals surface area contributed by atoms with Crippen molar-refractivity contribution in [3.05, 3.63) is 24.3 Å². The Bertz CT molecular complexity index is 468. The first kappa shape index (κ1) is 9.67. The molecule has 78 valence electrons. The van der Waals surface area contributed by atoms with Gasteiger partial charge >= 0.3 is 0 Å². The maximum absolute atomic E-state index is 5.60. The lowest BCUT2D eigenvalue weighted by atomic mass is 10.2. The van der Waals surface area contributed by atoms with E-state index < -0.39 is 0 Å². The zero-order chi connectivity index (χ0) is 10.7. The quantitative estimate of drug-likeness (QED) is 0.679. The third-order valence-electron chi connectivity index (χ3n) is 2.06. The number of rotatable bonds is 3. The first-order valence-corrected chi connectivity index (χ1v) is 4.77. The zero-order valence-corrected chi connectivity index (χ0v) is 8.27. The van der Waals surface area contributed by atoms with Crippen molar-refractivity contribution in [3.63, 3.8) is 0 Å².